The summed E-state index contributed by atoms with van der Waals surface area (Å²) in [4.78, 5) is 28.4. The number of fused-ring (bicyclic) bond motifs is 1. The van der Waals surface area contributed by atoms with Gasteiger partial charge in [0, 0.05) is 31.6 Å². The van der Waals surface area contributed by atoms with Crippen LogP contribution in [0.5, 0.6) is 11.6 Å². The van der Waals surface area contributed by atoms with Gasteiger partial charge in [-0.2, -0.15) is 9.97 Å². The number of para-hydroxylation sites is 2. The third kappa shape index (κ3) is 6.53. The second-order valence-electron chi connectivity index (χ2n) is 10.7. The van der Waals surface area contributed by atoms with Crippen LogP contribution in [0.25, 0.3) is 16.9 Å². The lowest BCUT2D eigenvalue weighted by Gasteiger charge is -2.29. The standard InChI is InChI=1S/C31H34F2N6O4/c1-41-22-10-6-20(7-11-22)19-34-30(40)21-8-12-23(13-9-21)43-27-18-26(36-31(37-27)38-14-16-42-17-15-38)39-25-5-3-2-4-24(25)35-29(39)28(32)33/h2-7,10-11,18,21,23,28H,8-9,12-17,19H2,1H3,(H,34,40)/t21-,23-. The van der Waals surface area contributed by atoms with Crippen molar-refractivity contribution in [3.63, 3.8) is 0 Å². The van der Waals surface area contributed by atoms with Crippen molar-refractivity contribution in [2.45, 2.75) is 44.8 Å². The van der Waals surface area contributed by atoms with E-state index in [4.69, 9.17) is 14.2 Å². The van der Waals surface area contributed by atoms with E-state index in [1.54, 1.807) is 37.4 Å². The topological polar surface area (TPSA) is 104 Å². The molecule has 0 unspecified atom stereocenters. The summed E-state index contributed by atoms with van der Waals surface area (Å²) in [5.74, 6) is 1.27. The normalized spacial score (nSPS) is 19.0. The second-order valence-corrected chi connectivity index (χ2v) is 10.7. The molecule has 1 amide bonds. The van der Waals surface area contributed by atoms with Gasteiger partial charge < -0.3 is 24.4 Å². The van der Waals surface area contributed by atoms with E-state index in [0.29, 0.717) is 81.4 Å². The van der Waals surface area contributed by atoms with E-state index in [2.05, 4.69) is 20.3 Å². The number of anilines is 1. The van der Waals surface area contributed by atoms with Gasteiger partial charge in [-0.1, -0.05) is 24.3 Å². The largest absolute Gasteiger partial charge is 0.497 e. The maximum Gasteiger partial charge on any atom is 0.296 e. The molecule has 2 aromatic carbocycles. The molecule has 226 valence electrons. The summed E-state index contributed by atoms with van der Waals surface area (Å²) < 4.78 is 46.7. The highest BCUT2D eigenvalue weighted by Gasteiger charge is 2.29. The highest BCUT2D eigenvalue weighted by Crippen LogP contribution is 2.32. The first-order valence-electron chi connectivity index (χ1n) is 14.5. The Labute approximate surface area is 248 Å². The predicted octanol–water partition coefficient (Wildman–Crippen LogP) is 4.85. The van der Waals surface area contributed by atoms with Crippen molar-refractivity contribution in [2.75, 3.05) is 38.3 Å². The average Bonchev–Trinajstić information content (AvgIpc) is 3.45. The highest BCUT2D eigenvalue weighted by molar-refractivity contribution is 5.79. The summed E-state index contributed by atoms with van der Waals surface area (Å²) >= 11 is 0. The minimum atomic E-state index is -2.80. The molecule has 0 spiro atoms. The van der Waals surface area contributed by atoms with Crippen LogP contribution in [0.3, 0.4) is 0 Å². The smallest absolute Gasteiger partial charge is 0.296 e. The molecule has 0 atom stereocenters. The quantitative estimate of drug-likeness (QED) is 0.294. The van der Waals surface area contributed by atoms with E-state index in [-0.39, 0.29) is 29.6 Å². The first kappa shape index (κ1) is 28.8. The summed E-state index contributed by atoms with van der Waals surface area (Å²) in [5, 5.41) is 3.04. The summed E-state index contributed by atoms with van der Waals surface area (Å²) in [7, 11) is 1.62. The molecule has 2 fully saturated rings. The molecule has 4 aromatic rings. The minimum absolute atomic E-state index is 0.0275. The number of imidazole rings is 1. The van der Waals surface area contributed by atoms with Gasteiger partial charge in [0.1, 0.15) is 17.7 Å². The van der Waals surface area contributed by atoms with Crippen molar-refractivity contribution in [2.24, 2.45) is 5.92 Å². The Kier molecular flexibility index (Phi) is 8.64. The number of hydrogen-bond acceptors (Lipinski definition) is 8. The highest BCUT2D eigenvalue weighted by atomic mass is 19.3. The third-order valence-electron chi connectivity index (χ3n) is 7.94. The number of rotatable bonds is 9. The van der Waals surface area contributed by atoms with Crippen molar-refractivity contribution in [1.82, 2.24) is 24.8 Å². The molecular formula is C31H34F2N6O4. The summed E-state index contributed by atoms with van der Waals surface area (Å²) in [5.41, 5.74) is 1.98. The van der Waals surface area contributed by atoms with Crippen LogP contribution >= 0.6 is 0 Å². The molecule has 6 rings (SSSR count). The zero-order chi connectivity index (χ0) is 29.8. The Balaban J connectivity index is 1.17. The van der Waals surface area contributed by atoms with E-state index in [0.717, 1.165) is 11.3 Å². The Morgan fingerprint density at radius 1 is 1.02 bits per heavy atom. The number of morpholine rings is 1. The number of amides is 1. The first-order valence-corrected chi connectivity index (χ1v) is 14.5. The van der Waals surface area contributed by atoms with Gasteiger partial charge in [0.2, 0.25) is 17.7 Å². The zero-order valence-electron chi connectivity index (χ0n) is 23.9. The number of benzene rings is 2. The van der Waals surface area contributed by atoms with Gasteiger partial charge in [0.25, 0.3) is 6.43 Å². The number of carbonyl (C=O) groups excluding carboxylic acids is 1. The van der Waals surface area contributed by atoms with Crippen molar-refractivity contribution in [1.29, 1.82) is 0 Å². The van der Waals surface area contributed by atoms with Crippen LogP contribution in [0.2, 0.25) is 0 Å². The van der Waals surface area contributed by atoms with Crippen LogP contribution in [0, 0.1) is 5.92 Å². The number of carbonyl (C=O) groups is 1. The van der Waals surface area contributed by atoms with Crippen LogP contribution in [-0.4, -0.2) is 64.9 Å². The third-order valence-corrected chi connectivity index (χ3v) is 7.94. The van der Waals surface area contributed by atoms with Crippen molar-refractivity contribution in [3.05, 3.63) is 66.0 Å². The first-order chi connectivity index (χ1) is 21.0. The van der Waals surface area contributed by atoms with Gasteiger partial charge in [0.05, 0.1) is 31.4 Å². The van der Waals surface area contributed by atoms with E-state index in [1.807, 2.05) is 29.2 Å². The second kappa shape index (κ2) is 12.9. The molecule has 10 nitrogen and oxygen atoms in total. The molecule has 12 heteroatoms. The number of halogens is 2. The summed E-state index contributed by atoms with van der Waals surface area (Å²) in [6, 6.07) is 16.2. The summed E-state index contributed by atoms with van der Waals surface area (Å²) in [6.45, 7) is 2.64. The number of nitrogens with zero attached hydrogens (tertiary/aromatic N) is 5. The average molecular weight is 593 g/mol. The number of aromatic nitrogens is 4. The molecule has 1 aliphatic carbocycles. The van der Waals surface area contributed by atoms with E-state index >= 15 is 0 Å². The lowest BCUT2D eigenvalue weighted by molar-refractivity contribution is -0.126. The van der Waals surface area contributed by atoms with Gasteiger partial charge >= 0.3 is 0 Å². The fourth-order valence-electron chi connectivity index (χ4n) is 5.60. The number of hydrogen-bond donors (Lipinski definition) is 1. The van der Waals surface area contributed by atoms with E-state index < -0.39 is 6.43 Å². The summed E-state index contributed by atoms with van der Waals surface area (Å²) in [6.07, 6.45) is -0.277. The SMILES string of the molecule is COc1ccc(CNC(=O)[C@H]2CC[C@H](Oc3cc(-n4c(C(F)F)nc5ccccc54)nc(N4CCOCC4)n3)CC2)cc1. The fraction of sp³-hybridized carbons (Fsp3) is 0.419. The van der Waals surface area contributed by atoms with Crippen molar-refractivity contribution >= 4 is 22.9 Å². The van der Waals surface area contributed by atoms with Crippen LogP contribution in [0.1, 0.15) is 43.5 Å². The lowest BCUT2D eigenvalue weighted by atomic mass is 9.86. The lowest BCUT2D eigenvalue weighted by Crippen LogP contribution is -2.37. The minimum Gasteiger partial charge on any atom is -0.497 e. The van der Waals surface area contributed by atoms with Gasteiger partial charge in [0.15, 0.2) is 5.82 Å². The molecule has 1 saturated heterocycles. The van der Waals surface area contributed by atoms with Crippen LogP contribution in [0.4, 0.5) is 14.7 Å². The Morgan fingerprint density at radius 3 is 2.49 bits per heavy atom. The van der Waals surface area contributed by atoms with Crippen molar-refractivity contribution < 1.29 is 27.8 Å². The van der Waals surface area contributed by atoms with Crippen LogP contribution in [-0.2, 0) is 16.1 Å². The maximum atomic E-state index is 14.1. The van der Waals surface area contributed by atoms with Crippen LogP contribution < -0.4 is 19.7 Å². The molecule has 1 saturated carbocycles. The fourth-order valence-corrected chi connectivity index (χ4v) is 5.60. The molecule has 2 aliphatic rings. The van der Waals surface area contributed by atoms with E-state index in [1.165, 1.54) is 4.57 Å². The monoisotopic (exact) mass is 592 g/mol. The van der Waals surface area contributed by atoms with Gasteiger partial charge in [-0.05, 0) is 55.5 Å². The molecule has 1 N–H and O–H groups in total. The molecule has 2 aromatic heterocycles. The molecule has 3 heterocycles. The van der Waals surface area contributed by atoms with Crippen LogP contribution in [0.15, 0.2) is 54.6 Å². The number of nitrogens with one attached hydrogen (secondary N) is 1. The molecule has 0 radical (unpaired) electrons. The number of ether oxygens (including phenoxy) is 3. The van der Waals surface area contributed by atoms with E-state index in [9.17, 15) is 13.6 Å². The number of alkyl halides is 2. The number of methoxy groups -OCH3 is 1. The van der Waals surface area contributed by atoms with Crippen molar-refractivity contribution in [3.8, 4) is 17.4 Å². The maximum absolute atomic E-state index is 14.1. The zero-order valence-corrected chi connectivity index (χ0v) is 23.9. The Morgan fingerprint density at radius 2 is 1.77 bits per heavy atom. The predicted molar refractivity (Wildman–Crippen MR) is 156 cm³/mol. The Bertz CT molecular complexity index is 1550. The molecule has 43 heavy (non-hydrogen) atoms. The van der Waals surface area contributed by atoms with Gasteiger partial charge in [-0.3, -0.25) is 9.36 Å². The van der Waals surface area contributed by atoms with Gasteiger partial charge in [-0.25, -0.2) is 13.8 Å². The molecule has 1 aliphatic heterocycles. The Hall–Kier alpha value is -4.32. The molecule has 0 bridgehead atoms. The van der Waals surface area contributed by atoms with Gasteiger partial charge in [-0.15, -0.1) is 0 Å². The molecular weight excluding hydrogens is 558 g/mol.